The number of aromatic nitrogens is 2. The van der Waals surface area contributed by atoms with Gasteiger partial charge in [0, 0.05) is 6.42 Å². The van der Waals surface area contributed by atoms with E-state index < -0.39 is 0 Å². The van der Waals surface area contributed by atoms with Gasteiger partial charge < -0.3 is 11.5 Å². The van der Waals surface area contributed by atoms with Gasteiger partial charge in [0.25, 0.3) is 0 Å². The van der Waals surface area contributed by atoms with E-state index in [1.807, 2.05) is 6.92 Å². The SMILES string of the molecule is CCc1nc(N)c(N)c(Cl)n1. The van der Waals surface area contributed by atoms with E-state index in [-0.39, 0.29) is 16.7 Å². The molecule has 60 valence electrons. The molecule has 1 rings (SSSR count). The van der Waals surface area contributed by atoms with Crippen LogP contribution < -0.4 is 11.5 Å². The van der Waals surface area contributed by atoms with Crippen molar-refractivity contribution < 1.29 is 0 Å². The second kappa shape index (κ2) is 2.92. The maximum absolute atomic E-state index is 5.64. The molecule has 0 unspecified atom stereocenters. The normalized spacial score (nSPS) is 10.0. The van der Waals surface area contributed by atoms with Crippen molar-refractivity contribution in [3.8, 4) is 0 Å². The van der Waals surface area contributed by atoms with E-state index in [1.54, 1.807) is 0 Å². The molecule has 0 amide bonds. The van der Waals surface area contributed by atoms with Crippen molar-refractivity contribution in [1.29, 1.82) is 0 Å². The lowest BCUT2D eigenvalue weighted by Crippen LogP contribution is -2.04. The third kappa shape index (κ3) is 1.51. The first-order chi connectivity index (χ1) is 5.15. The van der Waals surface area contributed by atoms with Crippen molar-refractivity contribution >= 4 is 23.1 Å². The summed E-state index contributed by atoms with van der Waals surface area (Å²) in [5.41, 5.74) is 11.1. The molecule has 0 aromatic carbocycles. The Morgan fingerprint density at radius 3 is 2.45 bits per heavy atom. The second-order valence-electron chi connectivity index (χ2n) is 2.08. The number of anilines is 2. The highest BCUT2D eigenvalue weighted by Crippen LogP contribution is 2.20. The van der Waals surface area contributed by atoms with Crippen LogP contribution in [0.15, 0.2) is 0 Å². The highest BCUT2D eigenvalue weighted by molar-refractivity contribution is 6.32. The van der Waals surface area contributed by atoms with E-state index in [0.29, 0.717) is 12.2 Å². The molecular weight excluding hydrogens is 164 g/mol. The summed E-state index contributed by atoms with van der Waals surface area (Å²) in [5, 5.41) is 0.231. The molecule has 0 fully saturated rings. The highest BCUT2D eigenvalue weighted by Gasteiger charge is 2.04. The lowest BCUT2D eigenvalue weighted by Gasteiger charge is -2.02. The third-order valence-corrected chi connectivity index (χ3v) is 1.58. The zero-order chi connectivity index (χ0) is 8.43. The fourth-order valence-electron chi connectivity index (χ4n) is 0.662. The van der Waals surface area contributed by atoms with Crippen LogP contribution in [-0.2, 0) is 6.42 Å². The molecule has 4 N–H and O–H groups in total. The number of rotatable bonds is 1. The van der Waals surface area contributed by atoms with E-state index in [4.69, 9.17) is 23.1 Å². The summed E-state index contributed by atoms with van der Waals surface area (Å²) in [4.78, 5) is 7.81. The van der Waals surface area contributed by atoms with Crippen molar-refractivity contribution in [2.45, 2.75) is 13.3 Å². The van der Waals surface area contributed by atoms with Crippen molar-refractivity contribution in [2.75, 3.05) is 11.5 Å². The van der Waals surface area contributed by atoms with Crippen molar-refractivity contribution in [2.24, 2.45) is 0 Å². The summed E-state index contributed by atoms with van der Waals surface area (Å²) < 4.78 is 0. The number of nitrogens with zero attached hydrogens (tertiary/aromatic N) is 2. The standard InChI is InChI=1S/C6H9ClN4/c1-2-3-10-5(7)4(8)6(9)11-3/h2,8H2,1H3,(H2,9,10,11). The predicted molar refractivity (Wildman–Crippen MR) is 45.2 cm³/mol. The van der Waals surface area contributed by atoms with Gasteiger partial charge in [-0.2, -0.15) is 0 Å². The quantitative estimate of drug-likeness (QED) is 0.616. The largest absolute Gasteiger partial charge is 0.393 e. The smallest absolute Gasteiger partial charge is 0.157 e. The van der Waals surface area contributed by atoms with Gasteiger partial charge in [0.05, 0.1) is 0 Å². The Bertz CT molecular complexity index is 250. The highest BCUT2D eigenvalue weighted by atomic mass is 35.5. The maximum atomic E-state index is 5.64. The monoisotopic (exact) mass is 172 g/mol. The van der Waals surface area contributed by atoms with Crippen LogP contribution in [0.25, 0.3) is 0 Å². The Kier molecular flexibility index (Phi) is 2.14. The van der Waals surface area contributed by atoms with Gasteiger partial charge in [-0.15, -0.1) is 0 Å². The Hall–Kier alpha value is -1.03. The van der Waals surface area contributed by atoms with Crippen LogP contribution in [0, 0.1) is 0 Å². The predicted octanol–water partition coefficient (Wildman–Crippen LogP) is 0.857. The summed E-state index contributed by atoms with van der Waals surface area (Å²) in [6.07, 6.45) is 0.699. The Morgan fingerprint density at radius 2 is 2.00 bits per heavy atom. The van der Waals surface area contributed by atoms with Crippen molar-refractivity contribution in [1.82, 2.24) is 9.97 Å². The van der Waals surface area contributed by atoms with E-state index >= 15 is 0 Å². The number of nitrogens with two attached hydrogens (primary N) is 2. The molecule has 0 aliphatic rings. The van der Waals surface area contributed by atoms with Crippen LogP contribution in [0.1, 0.15) is 12.7 Å². The fourth-order valence-corrected chi connectivity index (χ4v) is 0.856. The minimum absolute atomic E-state index is 0.231. The summed E-state index contributed by atoms with van der Waals surface area (Å²) in [6.45, 7) is 1.92. The molecule has 0 aliphatic heterocycles. The van der Waals surface area contributed by atoms with Crippen LogP contribution in [0.3, 0.4) is 0 Å². The molecule has 1 aromatic rings. The van der Waals surface area contributed by atoms with Gasteiger partial charge in [-0.3, -0.25) is 0 Å². The summed E-state index contributed by atoms with van der Waals surface area (Å²) in [6, 6.07) is 0. The zero-order valence-electron chi connectivity index (χ0n) is 6.13. The molecule has 0 saturated heterocycles. The molecule has 11 heavy (non-hydrogen) atoms. The molecule has 0 saturated carbocycles. The van der Waals surface area contributed by atoms with Gasteiger partial charge in [-0.25, -0.2) is 9.97 Å². The number of nitrogen functional groups attached to an aromatic ring is 2. The average molecular weight is 173 g/mol. The van der Waals surface area contributed by atoms with Crippen LogP contribution in [0.5, 0.6) is 0 Å². The van der Waals surface area contributed by atoms with E-state index in [9.17, 15) is 0 Å². The molecule has 0 aliphatic carbocycles. The first kappa shape index (κ1) is 8.07. The number of aryl methyl sites for hydroxylation is 1. The molecule has 0 radical (unpaired) electrons. The van der Waals surface area contributed by atoms with Crippen LogP contribution in [0.4, 0.5) is 11.5 Å². The van der Waals surface area contributed by atoms with Gasteiger partial charge >= 0.3 is 0 Å². The summed E-state index contributed by atoms with van der Waals surface area (Å²) in [7, 11) is 0. The molecular formula is C6H9ClN4. The molecule has 4 nitrogen and oxygen atoms in total. The molecule has 0 atom stereocenters. The topological polar surface area (TPSA) is 77.8 Å². The summed E-state index contributed by atoms with van der Waals surface area (Å²) in [5.74, 6) is 0.864. The van der Waals surface area contributed by atoms with Gasteiger partial charge in [-0.05, 0) is 0 Å². The van der Waals surface area contributed by atoms with Crippen LogP contribution in [0.2, 0.25) is 5.15 Å². The first-order valence-electron chi connectivity index (χ1n) is 3.22. The number of hydrogen-bond donors (Lipinski definition) is 2. The zero-order valence-corrected chi connectivity index (χ0v) is 6.89. The van der Waals surface area contributed by atoms with E-state index in [2.05, 4.69) is 9.97 Å². The summed E-state index contributed by atoms with van der Waals surface area (Å²) >= 11 is 5.64. The van der Waals surface area contributed by atoms with Gasteiger partial charge in [-0.1, -0.05) is 18.5 Å². The second-order valence-corrected chi connectivity index (χ2v) is 2.44. The fraction of sp³-hybridized carbons (Fsp3) is 0.333. The lowest BCUT2D eigenvalue weighted by molar-refractivity contribution is 0.948. The van der Waals surface area contributed by atoms with Crippen molar-refractivity contribution in [3.63, 3.8) is 0 Å². The molecule has 5 heteroatoms. The minimum Gasteiger partial charge on any atom is -0.393 e. The average Bonchev–Trinajstić information content (AvgIpc) is 1.99. The van der Waals surface area contributed by atoms with Gasteiger partial charge in [0.2, 0.25) is 0 Å². The van der Waals surface area contributed by atoms with Gasteiger partial charge in [0.15, 0.2) is 11.0 Å². The Balaban J connectivity index is 3.21. The first-order valence-corrected chi connectivity index (χ1v) is 3.60. The Morgan fingerprint density at radius 1 is 1.36 bits per heavy atom. The lowest BCUT2D eigenvalue weighted by atomic mass is 10.4. The molecule has 0 spiro atoms. The molecule has 0 bridgehead atoms. The number of hydrogen-bond acceptors (Lipinski definition) is 4. The van der Waals surface area contributed by atoms with Crippen LogP contribution in [-0.4, -0.2) is 9.97 Å². The van der Waals surface area contributed by atoms with E-state index in [1.165, 1.54) is 0 Å². The maximum Gasteiger partial charge on any atom is 0.157 e. The Labute approximate surface area is 69.6 Å². The number of halogens is 1. The minimum atomic E-state index is 0.231. The van der Waals surface area contributed by atoms with Crippen molar-refractivity contribution in [3.05, 3.63) is 11.0 Å². The van der Waals surface area contributed by atoms with Gasteiger partial charge in [0.1, 0.15) is 11.5 Å². The van der Waals surface area contributed by atoms with E-state index in [0.717, 1.165) is 0 Å². The van der Waals surface area contributed by atoms with Crippen LogP contribution >= 0.6 is 11.6 Å². The third-order valence-electron chi connectivity index (χ3n) is 1.29. The molecule has 1 heterocycles. The molecule has 1 aromatic heterocycles.